The Labute approximate surface area is 88.2 Å². The molecule has 0 bridgehead atoms. The third-order valence-corrected chi connectivity index (χ3v) is 4.22. The van der Waals surface area contributed by atoms with Gasteiger partial charge >= 0.3 is 0 Å². The molecule has 15 heavy (non-hydrogen) atoms. The highest BCUT2D eigenvalue weighted by atomic mass is 16.1. The Hall–Kier alpha value is -1.41. The van der Waals surface area contributed by atoms with Gasteiger partial charge in [0.2, 0.25) is 6.29 Å². The van der Waals surface area contributed by atoms with Crippen LogP contribution in [0.15, 0.2) is 30.3 Å². The van der Waals surface area contributed by atoms with Gasteiger partial charge in [-0.15, -0.1) is 0 Å². The van der Waals surface area contributed by atoms with Crippen molar-refractivity contribution < 1.29 is 4.79 Å². The van der Waals surface area contributed by atoms with Gasteiger partial charge in [0.25, 0.3) is 0 Å². The molecule has 0 N–H and O–H groups in total. The second-order valence-electron chi connectivity index (χ2n) is 4.73. The van der Waals surface area contributed by atoms with Crippen molar-refractivity contribution in [2.24, 2.45) is 0 Å². The highest BCUT2D eigenvalue weighted by Crippen LogP contribution is 2.79. The maximum absolute atomic E-state index is 10.9. The maximum Gasteiger partial charge on any atom is 0.222 e. The van der Waals surface area contributed by atoms with Gasteiger partial charge in [0.1, 0.15) is 5.54 Å². The van der Waals surface area contributed by atoms with Crippen molar-refractivity contribution in [1.29, 1.82) is 0 Å². The maximum atomic E-state index is 10.9. The van der Waals surface area contributed by atoms with E-state index in [9.17, 15) is 4.79 Å². The lowest BCUT2D eigenvalue weighted by Crippen LogP contribution is -2.33. The van der Waals surface area contributed by atoms with Gasteiger partial charge in [-0.3, -0.25) is 9.69 Å². The molecule has 1 aromatic rings. The fourth-order valence-electron chi connectivity index (χ4n) is 3.28. The monoisotopic (exact) mass is 196 g/mol. The lowest BCUT2D eigenvalue weighted by atomic mass is 9.80. The van der Waals surface area contributed by atoms with E-state index >= 15 is 0 Å². The van der Waals surface area contributed by atoms with Crippen molar-refractivity contribution in [2.75, 3.05) is 0 Å². The van der Waals surface area contributed by atoms with Crippen LogP contribution < -0.4 is 0 Å². The van der Waals surface area contributed by atoms with E-state index in [0.29, 0.717) is 6.04 Å². The van der Waals surface area contributed by atoms with E-state index in [0.717, 1.165) is 0 Å². The fraction of sp³-hybridized carbons (Fsp3) is 0.308. The van der Waals surface area contributed by atoms with Gasteiger partial charge in [-0.25, -0.2) is 0 Å². The first-order valence-electron chi connectivity index (χ1n) is 5.22. The zero-order valence-electron chi connectivity index (χ0n) is 8.40. The number of fused-ring (bicyclic) bond motifs is 3. The van der Waals surface area contributed by atoms with E-state index in [1.54, 1.807) is 0 Å². The number of hydrogen-bond acceptors (Lipinski definition) is 2. The van der Waals surface area contributed by atoms with Crippen LogP contribution in [0.25, 0.3) is 6.08 Å². The zero-order valence-corrected chi connectivity index (χ0v) is 8.40. The molecule has 0 aromatic heterocycles. The number of hydrogen-bond donors (Lipinski definition) is 0. The summed E-state index contributed by atoms with van der Waals surface area (Å²) < 4.78 is 0. The summed E-state index contributed by atoms with van der Waals surface area (Å²) in [5.41, 5.74) is 2.28. The van der Waals surface area contributed by atoms with Crippen LogP contribution in [0.1, 0.15) is 24.1 Å². The SMILES string of the molecule is C[C@@]1([C]=O)N2C3c4ccccc4C=CC321. The average molecular weight is 196 g/mol. The van der Waals surface area contributed by atoms with Crippen molar-refractivity contribution in [3.05, 3.63) is 41.5 Å². The van der Waals surface area contributed by atoms with E-state index in [-0.39, 0.29) is 11.1 Å². The molecule has 4 atom stereocenters. The number of nitrogens with zero attached hydrogens (tertiary/aromatic N) is 1. The van der Waals surface area contributed by atoms with Crippen LogP contribution in [-0.2, 0) is 4.79 Å². The summed E-state index contributed by atoms with van der Waals surface area (Å²) in [6, 6.07) is 8.83. The Morgan fingerprint density at radius 3 is 3.00 bits per heavy atom. The largest absolute Gasteiger partial charge is 0.289 e. The summed E-state index contributed by atoms with van der Waals surface area (Å²) >= 11 is 0. The fourth-order valence-corrected chi connectivity index (χ4v) is 3.28. The molecule has 3 aliphatic rings. The molecule has 1 aliphatic carbocycles. The molecule has 1 spiro atoms. The molecule has 4 rings (SSSR count). The Morgan fingerprint density at radius 2 is 2.20 bits per heavy atom. The van der Waals surface area contributed by atoms with Gasteiger partial charge in [-0.1, -0.05) is 36.4 Å². The molecular weight excluding hydrogens is 186 g/mol. The van der Waals surface area contributed by atoms with Crippen molar-refractivity contribution >= 4 is 12.4 Å². The predicted molar refractivity (Wildman–Crippen MR) is 56.9 cm³/mol. The first-order valence-corrected chi connectivity index (χ1v) is 5.22. The number of rotatable bonds is 1. The van der Waals surface area contributed by atoms with Crippen molar-refractivity contribution in [1.82, 2.24) is 4.90 Å². The minimum atomic E-state index is -0.346. The molecule has 1 radical (unpaired) electrons. The highest BCUT2D eigenvalue weighted by Gasteiger charge is 2.92. The van der Waals surface area contributed by atoms with E-state index in [1.165, 1.54) is 11.1 Å². The Bertz CT molecular complexity index is 521. The third-order valence-electron chi connectivity index (χ3n) is 4.22. The van der Waals surface area contributed by atoms with Gasteiger partial charge in [-0.05, 0) is 18.1 Å². The van der Waals surface area contributed by atoms with Gasteiger partial charge in [-0.2, -0.15) is 0 Å². The van der Waals surface area contributed by atoms with E-state index < -0.39 is 0 Å². The first-order chi connectivity index (χ1) is 7.25. The topological polar surface area (TPSA) is 20.1 Å². The molecule has 73 valence electrons. The summed E-state index contributed by atoms with van der Waals surface area (Å²) in [4.78, 5) is 13.1. The van der Waals surface area contributed by atoms with Crippen molar-refractivity contribution in [3.8, 4) is 0 Å². The lowest BCUT2D eigenvalue weighted by Gasteiger charge is -2.23. The Balaban J connectivity index is 1.86. The molecule has 2 heteroatoms. The molecule has 0 amide bonds. The summed E-state index contributed by atoms with van der Waals surface area (Å²) in [6.07, 6.45) is 6.47. The highest BCUT2D eigenvalue weighted by molar-refractivity contribution is 5.87. The molecule has 0 saturated carbocycles. The predicted octanol–water partition coefficient (Wildman–Crippen LogP) is 1.69. The summed E-state index contributed by atoms with van der Waals surface area (Å²) in [5, 5.41) is 0. The molecule has 2 nitrogen and oxygen atoms in total. The molecule has 2 heterocycles. The van der Waals surface area contributed by atoms with Crippen LogP contribution in [0.2, 0.25) is 0 Å². The van der Waals surface area contributed by atoms with E-state index in [4.69, 9.17) is 0 Å². The van der Waals surface area contributed by atoms with Crippen molar-refractivity contribution in [3.63, 3.8) is 0 Å². The summed E-state index contributed by atoms with van der Waals surface area (Å²) in [6.45, 7) is 1.97. The van der Waals surface area contributed by atoms with Crippen LogP contribution in [-0.4, -0.2) is 22.3 Å². The third kappa shape index (κ3) is 0.574. The Morgan fingerprint density at radius 1 is 1.40 bits per heavy atom. The smallest absolute Gasteiger partial charge is 0.222 e. The van der Waals surface area contributed by atoms with Crippen LogP contribution in [0.3, 0.4) is 0 Å². The van der Waals surface area contributed by atoms with Gasteiger partial charge in [0.05, 0.1) is 11.6 Å². The second-order valence-corrected chi connectivity index (χ2v) is 4.73. The molecule has 1 aromatic carbocycles. The van der Waals surface area contributed by atoms with E-state index in [1.807, 2.05) is 6.92 Å². The minimum Gasteiger partial charge on any atom is -0.289 e. The molecule has 3 unspecified atom stereocenters. The summed E-state index contributed by atoms with van der Waals surface area (Å²) in [7, 11) is 0. The molecular formula is C13H10NO. The normalized spacial score (nSPS) is 47.5. The number of benzene rings is 1. The van der Waals surface area contributed by atoms with Gasteiger partial charge < -0.3 is 0 Å². The quantitative estimate of drug-likeness (QED) is 0.637. The van der Waals surface area contributed by atoms with Crippen LogP contribution in [0.5, 0.6) is 0 Å². The second kappa shape index (κ2) is 1.93. The van der Waals surface area contributed by atoms with Crippen molar-refractivity contribution in [2.45, 2.75) is 24.0 Å². The number of carbonyl (C=O) groups excluding carboxylic acids is 1. The Kier molecular flexibility index (Phi) is 1.01. The van der Waals surface area contributed by atoms with Gasteiger partial charge in [0.15, 0.2) is 0 Å². The molecule has 2 fully saturated rings. The van der Waals surface area contributed by atoms with Gasteiger partial charge in [0, 0.05) is 0 Å². The standard InChI is InChI=1S/C13H10NO/c1-12(8-15)13-7-6-9-4-2-3-5-10(9)11(13)14(12)13/h2-7,11H,1H3/t11?,12-,13?,14?/m0/s1. The molecule has 2 aliphatic heterocycles. The van der Waals surface area contributed by atoms with Crippen LogP contribution >= 0.6 is 0 Å². The van der Waals surface area contributed by atoms with Crippen LogP contribution in [0, 0.1) is 0 Å². The minimum absolute atomic E-state index is 0.0108. The zero-order chi connectivity index (χ0) is 10.3. The van der Waals surface area contributed by atoms with E-state index in [2.05, 4.69) is 47.6 Å². The van der Waals surface area contributed by atoms with Crippen LogP contribution in [0.4, 0.5) is 0 Å². The molecule has 2 saturated heterocycles. The summed E-state index contributed by atoms with van der Waals surface area (Å²) in [5.74, 6) is 0. The first kappa shape index (κ1) is 7.83. The lowest BCUT2D eigenvalue weighted by molar-refractivity contribution is 0.440. The average Bonchev–Trinajstić information content (AvgIpc) is 3.12.